The van der Waals surface area contributed by atoms with Crippen LogP contribution in [0.5, 0.6) is 11.5 Å². The molecule has 0 aliphatic carbocycles. The number of carbonyl (C=O) groups is 3. The molecule has 2 aliphatic rings. The Bertz CT molecular complexity index is 1310. The number of imidazole rings is 1. The minimum absolute atomic E-state index is 0.141. The number of ether oxygens (including phenoxy) is 1. The molecular formula is C24H21ClN4O6. The SMILES string of the molecule is COc1cccc([C@H]2N[C@](Cc3cnc[nH]3)(C(=O)O)[C@@H]3C(=O)N(c4ccc(Cl)cc4)C(=O)[C@@H]23)c1O. The van der Waals surface area contributed by atoms with Crippen molar-refractivity contribution in [2.24, 2.45) is 11.8 Å². The van der Waals surface area contributed by atoms with Gasteiger partial charge in [-0.15, -0.1) is 0 Å². The van der Waals surface area contributed by atoms with Gasteiger partial charge >= 0.3 is 5.97 Å². The molecule has 2 saturated heterocycles. The van der Waals surface area contributed by atoms with Crippen molar-refractivity contribution < 1.29 is 29.3 Å². The second-order valence-corrected chi connectivity index (χ2v) is 8.98. The van der Waals surface area contributed by atoms with E-state index in [1.165, 1.54) is 31.8 Å². The predicted molar refractivity (Wildman–Crippen MR) is 124 cm³/mol. The van der Waals surface area contributed by atoms with Gasteiger partial charge in [-0.2, -0.15) is 0 Å². The van der Waals surface area contributed by atoms with Crippen LogP contribution in [0.15, 0.2) is 55.0 Å². The van der Waals surface area contributed by atoms with Crippen LogP contribution in [0.3, 0.4) is 0 Å². The van der Waals surface area contributed by atoms with E-state index in [2.05, 4.69) is 15.3 Å². The average Bonchev–Trinajstić information content (AvgIpc) is 3.53. The number of halogens is 1. The number of amides is 2. The van der Waals surface area contributed by atoms with Crippen molar-refractivity contribution in [2.45, 2.75) is 18.0 Å². The first-order valence-electron chi connectivity index (χ1n) is 10.8. The van der Waals surface area contributed by atoms with E-state index >= 15 is 0 Å². The summed E-state index contributed by atoms with van der Waals surface area (Å²) in [4.78, 5) is 48.2. The highest BCUT2D eigenvalue weighted by molar-refractivity contribution is 6.31. The van der Waals surface area contributed by atoms with Crippen molar-refractivity contribution >= 4 is 35.1 Å². The Morgan fingerprint density at radius 3 is 2.57 bits per heavy atom. The number of anilines is 1. The number of aliphatic carboxylic acids is 1. The van der Waals surface area contributed by atoms with Crippen molar-refractivity contribution in [3.63, 3.8) is 0 Å². The predicted octanol–water partition coefficient (Wildman–Crippen LogP) is 2.29. The van der Waals surface area contributed by atoms with Crippen LogP contribution in [0.4, 0.5) is 5.69 Å². The molecule has 0 bridgehead atoms. The molecule has 2 aromatic carbocycles. The lowest BCUT2D eigenvalue weighted by Gasteiger charge is -2.31. The summed E-state index contributed by atoms with van der Waals surface area (Å²) in [6.07, 6.45) is 2.73. The number of nitrogens with zero attached hydrogens (tertiary/aromatic N) is 2. The van der Waals surface area contributed by atoms with Gasteiger partial charge in [0.1, 0.15) is 5.54 Å². The Morgan fingerprint density at radius 1 is 1.20 bits per heavy atom. The highest BCUT2D eigenvalue weighted by Crippen LogP contribution is 2.52. The summed E-state index contributed by atoms with van der Waals surface area (Å²) in [7, 11) is 1.38. The molecular weight excluding hydrogens is 476 g/mol. The number of imide groups is 1. The number of nitrogens with one attached hydrogen (secondary N) is 2. The van der Waals surface area contributed by atoms with Gasteiger partial charge in [0.2, 0.25) is 11.8 Å². The second kappa shape index (κ2) is 8.40. The summed E-state index contributed by atoms with van der Waals surface area (Å²) in [5, 5.41) is 24.8. The number of benzene rings is 2. The Balaban J connectivity index is 1.68. The Labute approximate surface area is 204 Å². The smallest absolute Gasteiger partial charge is 0.325 e. The minimum Gasteiger partial charge on any atom is -0.504 e. The normalized spacial score (nSPS) is 25.7. The molecule has 0 spiro atoms. The van der Waals surface area contributed by atoms with Crippen molar-refractivity contribution in [3.05, 3.63) is 71.3 Å². The molecule has 11 heteroatoms. The number of methoxy groups -OCH3 is 1. The largest absolute Gasteiger partial charge is 0.504 e. The molecule has 0 saturated carbocycles. The number of H-pyrrole nitrogens is 1. The Morgan fingerprint density at radius 2 is 1.94 bits per heavy atom. The van der Waals surface area contributed by atoms with Gasteiger partial charge in [-0.05, 0) is 30.3 Å². The molecule has 3 aromatic rings. The summed E-state index contributed by atoms with van der Waals surface area (Å²) in [5.41, 5.74) is -0.843. The highest BCUT2D eigenvalue weighted by atomic mass is 35.5. The van der Waals surface area contributed by atoms with Gasteiger partial charge < -0.3 is 19.9 Å². The molecule has 1 aromatic heterocycles. The first kappa shape index (κ1) is 22.9. The second-order valence-electron chi connectivity index (χ2n) is 8.54. The Hall–Kier alpha value is -3.89. The van der Waals surface area contributed by atoms with Crippen molar-refractivity contribution in [3.8, 4) is 11.5 Å². The maximum absolute atomic E-state index is 13.8. The van der Waals surface area contributed by atoms with Gasteiger partial charge in [-0.25, -0.2) is 9.88 Å². The third kappa shape index (κ3) is 3.44. The zero-order valence-electron chi connectivity index (χ0n) is 18.4. The average molecular weight is 497 g/mol. The third-order valence-corrected chi connectivity index (χ3v) is 6.98. The highest BCUT2D eigenvalue weighted by Gasteiger charge is 2.69. The molecule has 2 aliphatic heterocycles. The number of aromatic amines is 1. The summed E-state index contributed by atoms with van der Waals surface area (Å²) in [5.74, 6) is -4.97. The topological polar surface area (TPSA) is 145 Å². The zero-order valence-corrected chi connectivity index (χ0v) is 19.2. The fourth-order valence-electron chi connectivity index (χ4n) is 5.19. The number of aromatic hydroxyl groups is 1. The van der Waals surface area contributed by atoms with E-state index in [0.29, 0.717) is 10.7 Å². The number of aromatic nitrogens is 2. The zero-order chi connectivity index (χ0) is 24.9. The number of rotatable bonds is 6. The standard InChI is InChI=1S/C24H21ClN4O6/c1-35-16-4-2-3-15(20(16)30)19-17-18(24(28-19,23(33)34)9-13-10-26-11-27-13)22(32)29(21(17)31)14-7-5-12(25)6-8-14/h2-8,10-11,17-19,28,30H,9H2,1H3,(H,26,27)(H,33,34)/t17-,18+,19-,24+/m1/s1. The molecule has 10 nitrogen and oxygen atoms in total. The maximum atomic E-state index is 13.8. The monoisotopic (exact) mass is 496 g/mol. The molecule has 5 rings (SSSR count). The summed E-state index contributed by atoms with van der Waals surface area (Å²) < 4.78 is 5.21. The van der Waals surface area contributed by atoms with Crippen LogP contribution in [-0.2, 0) is 20.8 Å². The number of hydrogen-bond donors (Lipinski definition) is 4. The van der Waals surface area contributed by atoms with Crippen molar-refractivity contribution in [1.29, 1.82) is 0 Å². The fourth-order valence-corrected chi connectivity index (χ4v) is 5.31. The molecule has 0 radical (unpaired) electrons. The maximum Gasteiger partial charge on any atom is 0.325 e. The van der Waals surface area contributed by atoms with Crippen LogP contribution in [0.1, 0.15) is 17.3 Å². The quantitative estimate of drug-likeness (QED) is 0.380. The summed E-state index contributed by atoms with van der Waals surface area (Å²) in [6.45, 7) is 0. The molecule has 2 amide bonds. The molecule has 0 unspecified atom stereocenters. The first-order valence-corrected chi connectivity index (χ1v) is 11.1. The summed E-state index contributed by atoms with van der Waals surface area (Å²) >= 11 is 5.98. The Kier molecular flexibility index (Phi) is 5.49. The lowest BCUT2D eigenvalue weighted by molar-refractivity contribution is -0.148. The molecule has 2 fully saturated rings. The van der Waals surface area contributed by atoms with Crippen LogP contribution in [-0.4, -0.2) is 50.6 Å². The lowest BCUT2D eigenvalue weighted by atomic mass is 9.77. The number of phenolic OH excluding ortho intramolecular Hbond substituents is 1. The van der Waals surface area contributed by atoms with Crippen molar-refractivity contribution in [2.75, 3.05) is 12.0 Å². The van der Waals surface area contributed by atoms with Gasteiger partial charge in [0, 0.05) is 34.9 Å². The number of para-hydroxylation sites is 1. The van der Waals surface area contributed by atoms with E-state index in [0.717, 1.165) is 4.90 Å². The number of carboxylic acid groups (broad SMARTS) is 1. The fraction of sp³-hybridized carbons (Fsp3) is 0.250. The van der Waals surface area contributed by atoms with Gasteiger partial charge in [-0.3, -0.25) is 19.7 Å². The number of carbonyl (C=O) groups excluding carboxylic acids is 2. The van der Waals surface area contributed by atoms with E-state index in [4.69, 9.17) is 16.3 Å². The minimum atomic E-state index is -1.86. The van der Waals surface area contributed by atoms with E-state index in [1.54, 1.807) is 30.3 Å². The number of carboxylic acids is 1. The number of phenols is 1. The van der Waals surface area contributed by atoms with Crippen molar-refractivity contribution in [1.82, 2.24) is 15.3 Å². The van der Waals surface area contributed by atoms with Crippen LogP contribution in [0.25, 0.3) is 0 Å². The molecule has 180 valence electrons. The van der Waals surface area contributed by atoms with Gasteiger partial charge in [0.05, 0.1) is 31.0 Å². The van der Waals surface area contributed by atoms with E-state index < -0.39 is 41.2 Å². The molecule has 4 N–H and O–H groups in total. The van der Waals surface area contributed by atoms with E-state index in [1.807, 2.05) is 0 Å². The third-order valence-electron chi connectivity index (χ3n) is 6.73. The van der Waals surface area contributed by atoms with Crippen LogP contribution < -0.4 is 15.0 Å². The number of hydrogen-bond acceptors (Lipinski definition) is 7. The van der Waals surface area contributed by atoms with E-state index in [-0.39, 0.29) is 29.2 Å². The lowest BCUT2D eigenvalue weighted by Crippen LogP contribution is -2.57. The van der Waals surface area contributed by atoms with Gasteiger partial charge in [-0.1, -0.05) is 23.7 Å². The van der Waals surface area contributed by atoms with Gasteiger partial charge in [0.15, 0.2) is 11.5 Å². The first-order chi connectivity index (χ1) is 16.8. The molecule has 35 heavy (non-hydrogen) atoms. The van der Waals surface area contributed by atoms with Crippen LogP contribution in [0, 0.1) is 11.8 Å². The van der Waals surface area contributed by atoms with Crippen LogP contribution in [0.2, 0.25) is 5.02 Å². The van der Waals surface area contributed by atoms with E-state index in [9.17, 15) is 24.6 Å². The van der Waals surface area contributed by atoms with Crippen LogP contribution >= 0.6 is 11.6 Å². The van der Waals surface area contributed by atoms with Gasteiger partial charge in [0.25, 0.3) is 0 Å². The number of fused-ring (bicyclic) bond motifs is 1. The molecule has 3 heterocycles. The summed E-state index contributed by atoms with van der Waals surface area (Å²) in [6, 6.07) is 9.91. The molecule has 4 atom stereocenters.